The van der Waals surface area contributed by atoms with Gasteiger partial charge in [-0.2, -0.15) is 0 Å². The summed E-state index contributed by atoms with van der Waals surface area (Å²) in [6.45, 7) is 1.58. The molecule has 1 fully saturated rings. The summed E-state index contributed by atoms with van der Waals surface area (Å²) >= 11 is 0. The van der Waals surface area contributed by atoms with Crippen molar-refractivity contribution in [2.24, 2.45) is 5.92 Å². The van der Waals surface area contributed by atoms with Crippen molar-refractivity contribution < 1.29 is 19.7 Å². The van der Waals surface area contributed by atoms with Gasteiger partial charge in [0.1, 0.15) is 12.2 Å². The SMILES string of the molecule is C[C@H]1C(=O)OC([C@H](O)/C=C/c2ccccc2)C1O. The Hall–Kier alpha value is -1.65. The molecule has 1 saturated heterocycles. The topological polar surface area (TPSA) is 66.8 Å². The third-order valence-corrected chi connectivity index (χ3v) is 3.09. The molecular formula is C14H16O4. The zero-order valence-corrected chi connectivity index (χ0v) is 10.1. The van der Waals surface area contributed by atoms with Gasteiger partial charge >= 0.3 is 5.97 Å². The van der Waals surface area contributed by atoms with Crippen LogP contribution in [0.2, 0.25) is 0 Å². The molecule has 4 heteroatoms. The fraction of sp³-hybridized carbons (Fsp3) is 0.357. The van der Waals surface area contributed by atoms with Crippen molar-refractivity contribution >= 4 is 12.0 Å². The Morgan fingerprint density at radius 1 is 1.33 bits per heavy atom. The van der Waals surface area contributed by atoms with E-state index in [0.717, 1.165) is 5.56 Å². The molecule has 1 aliphatic rings. The second kappa shape index (κ2) is 5.33. The average molecular weight is 248 g/mol. The van der Waals surface area contributed by atoms with Crippen LogP contribution < -0.4 is 0 Å². The Morgan fingerprint density at radius 3 is 2.56 bits per heavy atom. The van der Waals surface area contributed by atoms with Gasteiger partial charge in [0, 0.05) is 0 Å². The van der Waals surface area contributed by atoms with E-state index in [1.54, 1.807) is 13.0 Å². The van der Waals surface area contributed by atoms with Crippen LogP contribution in [-0.4, -0.2) is 34.5 Å². The van der Waals surface area contributed by atoms with Crippen molar-refractivity contribution in [3.63, 3.8) is 0 Å². The molecule has 0 spiro atoms. The highest BCUT2D eigenvalue weighted by Crippen LogP contribution is 2.24. The van der Waals surface area contributed by atoms with Crippen LogP contribution in [0.4, 0.5) is 0 Å². The van der Waals surface area contributed by atoms with Crippen LogP contribution in [0.25, 0.3) is 6.08 Å². The fourth-order valence-electron chi connectivity index (χ4n) is 1.89. The van der Waals surface area contributed by atoms with Crippen LogP contribution in [-0.2, 0) is 9.53 Å². The van der Waals surface area contributed by atoms with E-state index >= 15 is 0 Å². The maximum atomic E-state index is 11.3. The van der Waals surface area contributed by atoms with Gasteiger partial charge in [-0.15, -0.1) is 0 Å². The van der Waals surface area contributed by atoms with Gasteiger partial charge in [-0.25, -0.2) is 0 Å². The number of hydrogen-bond donors (Lipinski definition) is 2. The highest BCUT2D eigenvalue weighted by molar-refractivity contribution is 5.75. The van der Waals surface area contributed by atoms with Crippen LogP contribution >= 0.6 is 0 Å². The van der Waals surface area contributed by atoms with Crippen LogP contribution in [0.5, 0.6) is 0 Å². The van der Waals surface area contributed by atoms with Gasteiger partial charge < -0.3 is 14.9 Å². The molecule has 0 aromatic heterocycles. The summed E-state index contributed by atoms with van der Waals surface area (Å²) < 4.78 is 4.95. The number of carbonyl (C=O) groups excluding carboxylic acids is 1. The molecule has 2 rings (SSSR count). The summed E-state index contributed by atoms with van der Waals surface area (Å²) in [6.07, 6.45) is 0.400. The lowest BCUT2D eigenvalue weighted by Gasteiger charge is -2.17. The van der Waals surface area contributed by atoms with E-state index in [4.69, 9.17) is 4.74 Å². The Morgan fingerprint density at radius 2 is 2.00 bits per heavy atom. The van der Waals surface area contributed by atoms with Gasteiger partial charge in [-0.1, -0.05) is 42.5 Å². The molecule has 96 valence electrons. The third-order valence-electron chi connectivity index (χ3n) is 3.09. The minimum Gasteiger partial charge on any atom is -0.456 e. The molecule has 1 aliphatic heterocycles. The van der Waals surface area contributed by atoms with Crippen molar-refractivity contribution in [2.45, 2.75) is 25.2 Å². The first kappa shape index (κ1) is 12.8. The Balaban J connectivity index is 2.03. The molecular weight excluding hydrogens is 232 g/mol. The fourth-order valence-corrected chi connectivity index (χ4v) is 1.89. The Bertz CT molecular complexity index is 440. The summed E-state index contributed by atoms with van der Waals surface area (Å²) in [4.78, 5) is 11.3. The van der Waals surface area contributed by atoms with E-state index in [-0.39, 0.29) is 0 Å². The van der Waals surface area contributed by atoms with Gasteiger partial charge in [0.15, 0.2) is 6.10 Å². The van der Waals surface area contributed by atoms with Crippen LogP contribution in [0, 0.1) is 5.92 Å². The molecule has 4 nitrogen and oxygen atoms in total. The molecule has 0 radical (unpaired) electrons. The third kappa shape index (κ3) is 2.60. The number of benzene rings is 1. The molecule has 2 unspecified atom stereocenters. The molecule has 0 amide bonds. The predicted octanol–water partition coefficient (Wildman–Crippen LogP) is 0.983. The summed E-state index contributed by atoms with van der Waals surface area (Å²) in [7, 11) is 0. The number of aliphatic hydroxyl groups excluding tert-OH is 2. The van der Waals surface area contributed by atoms with Crippen LogP contribution in [0.15, 0.2) is 36.4 Å². The first-order chi connectivity index (χ1) is 8.59. The molecule has 0 aliphatic carbocycles. The number of cyclic esters (lactones) is 1. The van der Waals surface area contributed by atoms with Gasteiger partial charge in [0.25, 0.3) is 0 Å². The number of ether oxygens (including phenoxy) is 1. The minimum atomic E-state index is -1.01. The molecule has 1 aromatic carbocycles. The predicted molar refractivity (Wildman–Crippen MR) is 66.5 cm³/mol. The number of aliphatic hydroxyl groups is 2. The maximum absolute atomic E-state index is 11.3. The number of carbonyl (C=O) groups is 1. The molecule has 0 bridgehead atoms. The first-order valence-electron chi connectivity index (χ1n) is 5.89. The van der Waals surface area contributed by atoms with Crippen molar-refractivity contribution in [2.75, 3.05) is 0 Å². The highest BCUT2D eigenvalue weighted by Gasteiger charge is 2.43. The second-order valence-electron chi connectivity index (χ2n) is 4.44. The Kier molecular flexibility index (Phi) is 3.79. The molecule has 4 atom stereocenters. The second-order valence-corrected chi connectivity index (χ2v) is 4.44. The van der Waals surface area contributed by atoms with Crippen molar-refractivity contribution in [1.82, 2.24) is 0 Å². The molecule has 2 N–H and O–H groups in total. The van der Waals surface area contributed by atoms with Gasteiger partial charge in [-0.05, 0) is 12.5 Å². The van der Waals surface area contributed by atoms with Crippen molar-refractivity contribution in [3.05, 3.63) is 42.0 Å². The summed E-state index contributed by atoms with van der Waals surface area (Å²) in [5.41, 5.74) is 0.934. The summed E-state index contributed by atoms with van der Waals surface area (Å²) in [5.74, 6) is -1.06. The quantitative estimate of drug-likeness (QED) is 0.783. The van der Waals surface area contributed by atoms with E-state index in [0.29, 0.717) is 0 Å². The van der Waals surface area contributed by atoms with E-state index in [2.05, 4.69) is 0 Å². The average Bonchev–Trinajstić information content (AvgIpc) is 2.65. The lowest BCUT2D eigenvalue weighted by molar-refractivity contribution is -0.146. The monoisotopic (exact) mass is 248 g/mol. The smallest absolute Gasteiger partial charge is 0.311 e. The summed E-state index contributed by atoms with van der Waals surface area (Å²) in [5, 5.41) is 19.6. The van der Waals surface area contributed by atoms with Gasteiger partial charge in [0.05, 0.1) is 5.92 Å². The normalized spacial score (nSPS) is 29.5. The minimum absolute atomic E-state index is 0.473. The zero-order valence-electron chi connectivity index (χ0n) is 10.1. The summed E-state index contributed by atoms with van der Waals surface area (Å²) in [6, 6.07) is 9.46. The van der Waals surface area contributed by atoms with Gasteiger partial charge in [0.2, 0.25) is 0 Å². The van der Waals surface area contributed by atoms with Crippen molar-refractivity contribution in [3.8, 4) is 0 Å². The van der Waals surface area contributed by atoms with E-state index in [9.17, 15) is 15.0 Å². The molecule has 0 saturated carbocycles. The number of esters is 1. The number of hydrogen-bond acceptors (Lipinski definition) is 4. The van der Waals surface area contributed by atoms with Crippen LogP contribution in [0.3, 0.4) is 0 Å². The maximum Gasteiger partial charge on any atom is 0.311 e. The molecule has 18 heavy (non-hydrogen) atoms. The van der Waals surface area contributed by atoms with Crippen LogP contribution in [0.1, 0.15) is 12.5 Å². The first-order valence-corrected chi connectivity index (χ1v) is 5.89. The van der Waals surface area contributed by atoms with E-state index < -0.39 is 30.2 Å². The largest absolute Gasteiger partial charge is 0.456 e. The lowest BCUT2D eigenvalue weighted by Crippen LogP contribution is -2.34. The van der Waals surface area contributed by atoms with E-state index in [1.807, 2.05) is 30.3 Å². The number of rotatable bonds is 3. The standard InChI is InChI=1S/C14H16O4/c1-9-12(16)13(18-14(9)17)11(15)8-7-10-5-3-2-4-6-10/h2-9,11-13,15-16H,1H3/b8-7+/t9-,11-,12?,13?/m1/s1. The lowest BCUT2D eigenvalue weighted by atomic mass is 9.99. The zero-order chi connectivity index (χ0) is 13.1. The highest BCUT2D eigenvalue weighted by atomic mass is 16.6. The van der Waals surface area contributed by atoms with E-state index in [1.165, 1.54) is 6.08 Å². The Labute approximate surface area is 106 Å². The molecule has 1 heterocycles. The van der Waals surface area contributed by atoms with Crippen molar-refractivity contribution in [1.29, 1.82) is 0 Å². The van der Waals surface area contributed by atoms with Gasteiger partial charge in [-0.3, -0.25) is 4.79 Å². The molecule has 1 aromatic rings.